The number of aryl methyl sites for hydroxylation is 3. The van der Waals surface area contributed by atoms with Crippen LogP contribution in [0, 0.1) is 0 Å². The maximum atomic E-state index is 13.5. The first kappa shape index (κ1) is 22.5. The maximum absolute atomic E-state index is 13.5. The number of fused-ring (bicyclic) bond motifs is 1. The van der Waals surface area contributed by atoms with E-state index in [1.807, 2.05) is 30.3 Å². The molecule has 170 valence electrons. The number of anilines is 2. The van der Waals surface area contributed by atoms with E-state index >= 15 is 0 Å². The molecular formula is C28H30N2O3. The van der Waals surface area contributed by atoms with Crippen molar-refractivity contribution >= 4 is 28.1 Å². The average Bonchev–Trinajstić information content (AvgIpc) is 3.18. The molecular weight excluding hydrogens is 412 g/mol. The van der Waals surface area contributed by atoms with Gasteiger partial charge in [-0.05, 0) is 48.6 Å². The summed E-state index contributed by atoms with van der Waals surface area (Å²) < 4.78 is 6.23. The first-order valence-electron chi connectivity index (χ1n) is 11.5. The second kappa shape index (κ2) is 9.82. The number of phenols is 1. The minimum absolute atomic E-state index is 0.0851. The van der Waals surface area contributed by atoms with Gasteiger partial charge in [-0.15, -0.1) is 0 Å². The van der Waals surface area contributed by atoms with Crippen LogP contribution in [0.25, 0.3) is 11.0 Å². The molecule has 0 saturated carbocycles. The summed E-state index contributed by atoms with van der Waals surface area (Å²) in [6, 6.07) is 19.4. The van der Waals surface area contributed by atoms with E-state index < -0.39 is 0 Å². The Morgan fingerprint density at radius 1 is 0.879 bits per heavy atom. The van der Waals surface area contributed by atoms with Gasteiger partial charge in [-0.2, -0.15) is 0 Å². The predicted molar refractivity (Wildman–Crippen MR) is 134 cm³/mol. The second-order valence-electron chi connectivity index (χ2n) is 8.51. The van der Waals surface area contributed by atoms with E-state index in [9.17, 15) is 9.90 Å². The molecule has 1 heterocycles. The van der Waals surface area contributed by atoms with Crippen molar-refractivity contribution in [3.8, 4) is 5.75 Å². The summed E-state index contributed by atoms with van der Waals surface area (Å²) in [7, 11) is 0. The topological polar surface area (TPSA) is 102 Å². The highest BCUT2D eigenvalue weighted by atomic mass is 16.3. The smallest absolute Gasteiger partial charge is 0.197 e. The summed E-state index contributed by atoms with van der Waals surface area (Å²) in [6.07, 6.45) is 5.60. The van der Waals surface area contributed by atoms with Gasteiger partial charge in [0.25, 0.3) is 0 Å². The second-order valence-corrected chi connectivity index (χ2v) is 8.51. The van der Waals surface area contributed by atoms with Crippen molar-refractivity contribution in [1.82, 2.24) is 0 Å². The highest BCUT2D eigenvalue weighted by Crippen LogP contribution is 2.34. The lowest BCUT2D eigenvalue weighted by atomic mass is 9.96. The van der Waals surface area contributed by atoms with Crippen LogP contribution in [0.15, 0.2) is 65.1 Å². The molecule has 3 aromatic carbocycles. The monoisotopic (exact) mass is 442 g/mol. The van der Waals surface area contributed by atoms with E-state index in [1.54, 1.807) is 0 Å². The molecule has 4 aromatic rings. The number of aromatic hydroxyl groups is 1. The molecule has 0 aliphatic heterocycles. The van der Waals surface area contributed by atoms with E-state index in [0.717, 1.165) is 48.6 Å². The van der Waals surface area contributed by atoms with Crippen LogP contribution in [-0.2, 0) is 19.3 Å². The Morgan fingerprint density at radius 3 is 2.27 bits per heavy atom. The van der Waals surface area contributed by atoms with Gasteiger partial charge in [0, 0.05) is 17.4 Å². The van der Waals surface area contributed by atoms with Gasteiger partial charge in [0.2, 0.25) is 0 Å². The van der Waals surface area contributed by atoms with E-state index in [1.165, 1.54) is 17.7 Å². The fourth-order valence-corrected chi connectivity index (χ4v) is 4.20. The van der Waals surface area contributed by atoms with Crippen molar-refractivity contribution in [1.29, 1.82) is 0 Å². The molecule has 0 amide bonds. The van der Waals surface area contributed by atoms with Gasteiger partial charge in [-0.1, -0.05) is 62.2 Å². The van der Waals surface area contributed by atoms with Crippen LogP contribution in [0.2, 0.25) is 0 Å². The third kappa shape index (κ3) is 4.87. The minimum atomic E-state index is -0.199. The van der Waals surface area contributed by atoms with Gasteiger partial charge in [0.15, 0.2) is 11.5 Å². The zero-order chi connectivity index (χ0) is 23.4. The average molecular weight is 443 g/mol. The van der Waals surface area contributed by atoms with E-state index in [-0.39, 0.29) is 22.9 Å². The number of unbranched alkanes of at least 4 members (excludes halogenated alkanes) is 2. The van der Waals surface area contributed by atoms with E-state index in [4.69, 9.17) is 15.9 Å². The van der Waals surface area contributed by atoms with Crippen LogP contribution < -0.4 is 11.5 Å². The van der Waals surface area contributed by atoms with Crippen LogP contribution in [-0.4, -0.2) is 10.9 Å². The molecule has 5 nitrogen and oxygen atoms in total. The molecule has 0 unspecified atom stereocenters. The number of hydrogen-bond acceptors (Lipinski definition) is 5. The number of ketones is 1. The lowest BCUT2D eigenvalue weighted by Gasteiger charge is -2.08. The van der Waals surface area contributed by atoms with Crippen LogP contribution in [0.4, 0.5) is 11.4 Å². The molecule has 4 rings (SSSR count). The zero-order valence-corrected chi connectivity index (χ0v) is 18.9. The summed E-state index contributed by atoms with van der Waals surface area (Å²) in [6.45, 7) is 2.14. The van der Waals surface area contributed by atoms with Gasteiger partial charge in [-0.3, -0.25) is 4.79 Å². The summed E-state index contributed by atoms with van der Waals surface area (Å²) in [5.74, 6) is 0.291. The Bertz CT molecular complexity index is 1250. The molecule has 1 aromatic heterocycles. The standard InChI is InChI=1S/C28H30N2O3/c1-2-3-5-10-24-26(27(31)20-16-22(29)28(32)23(30)17-20)21-14-13-19(15-25(21)33-24)12-11-18-8-6-4-7-9-18/h4,6-9,13-17,32H,2-3,5,10-12,29-30H2,1H3. The van der Waals surface area contributed by atoms with Gasteiger partial charge < -0.3 is 21.0 Å². The molecule has 0 bridgehead atoms. The van der Waals surface area contributed by atoms with Gasteiger partial charge in [-0.25, -0.2) is 0 Å². The number of nitrogens with two attached hydrogens (primary N) is 2. The number of carbonyl (C=O) groups excluding carboxylic acids is 1. The van der Waals surface area contributed by atoms with Gasteiger partial charge in [0.05, 0.1) is 16.9 Å². The molecule has 0 aliphatic rings. The SMILES string of the molecule is CCCCCc1oc2cc(CCc3ccccc3)ccc2c1C(=O)c1cc(N)c(O)c(N)c1. The highest BCUT2D eigenvalue weighted by molar-refractivity contribution is 6.17. The Kier molecular flexibility index (Phi) is 6.68. The number of hydrogen-bond donors (Lipinski definition) is 3. The number of nitrogen functional groups attached to an aromatic ring is 2. The molecule has 0 fully saturated rings. The molecule has 0 saturated heterocycles. The lowest BCUT2D eigenvalue weighted by molar-refractivity contribution is 0.103. The molecule has 0 atom stereocenters. The quantitative estimate of drug-likeness (QED) is 0.127. The number of rotatable bonds is 9. The van der Waals surface area contributed by atoms with Crippen molar-refractivity contribution in [3.63, 3.8) is 0 Å². The van der Waals surface area contributed by atoms with Crippen molar-refractivity contribution in [2.45, 2.75) is 45.4 Å². The molecule has 0 aliphatic carbocycles. The summed E-state index contributed by atoms with van der Waals surface area (Å²) in [5.41, 5.74) is 16.0. The summed E-state index contributed by atoms with van der Waals surface area (Å²) in [4.78, 5) is 13.5. The summed E-state index contributed by atoms with van der Waals surface area (Å²) >= 11 is 0. The Hall–Kier alpha value is -3.73. The first-order valence-corrected chi connectivity index (χ1v) is 11.5. The Balaban J connectivity index is 1.70. The maximum Gasteiger partial charge on any atom is 0.197 e. The molecule has 33 heavy (non-hydrogen) atoms. The van der Waals surface area contributed by atoms with E-state index in [2.05, 4.69) is 25.1 Å². The first-order chi connectivity index (χ1) is 16.0. The van der Waals surface area contributed by atoms with Gasteiger partial charge in [0.1, 0.15) is 11.3 Å². The zero-order valence-electron chi connectivity index (χ0n) is 18.9. The Labute approximate surface area is 194 Å². The third-order valence-electron chi connectivity index (χ3n) is 6.04. The van der Waals surface area contributed by atoms with Crippen LogP contribution >= 0.6 is 0 Å². The largest absolute Gasteiger partial charge is 0.504 e. The summed E-state index contributed by atoms with van der Waals surface area (Å²) in [5, 5.41) is 10.7. The third-order valence-corrected chi connectivity index (χ3v) is 6.04. The normalized spacial score (nSPS) is 11.2. The van der Waals surface area contributed by atoms with Crippen molar-refractivity contribution < 1.29 is 14.3 Å². The highest BCUT2D eigenvalue weighted by Gasteiger charge is 2.23. The number of benzene rings is 3. The van der Waals surface area contributed by atoms with Crippen LogP contribution in [0.3, 0.4) is 0 Å². The predicted octanol–water partition coefficient (Wildman–Crippen LogP) is 6.05. The number of phenolic OH excluding ortho intramolecular Hbond substituents is 1. The number of carbonyl (C=O) groups is 1. The van der Waals surface area contributed by atoms with Crippen molar-refractivity contribution in [2.24, 2.45) is 0 Å². The van der Waals surface area contributed by atoms with Crippen molar-refractivity contribution in [2.75, 3.05) is 11.5 Å². The number of furan rings is 1. The van der Waals surface area contributed by atoms with E-state index in [0.29, 0.717) is 23.3 Å². The lowest BCUT2D eigenvalue weighted by Crippen LogP contribution is -2.06. The minimum Gasteiger partial charge on any atom is -0.504 e. The molecule has 5 heteroatoms. The Morgan fingerprint density at radius 2 is 1.58 bits per heavy atom. The van der Waals surface area contributed by atoms with Gasteiger partial charge >= 0.3 is 0 Å². The van der Waals surface area contributed by atoms with Crippen LogP contribution in [0.1, 0.15) is 59.0 Å². The fourth-order valence-electron chi connectivity index (χ4n) is 4.20. The fraction of sp³-hybridized carbons (Fsp3) is 0.250. The molecule has 0 radical (unpaired) electrons. The van der Waals surface area contributed by atoms with Crippen molar-refractivity contribution in [3.05, 3.63) is 88.7 Å². The molecule has 0 spiro atoms. The van der Waals surface area contributed by atoms with Crippen LogP contribution in [0.5, 0.6) is 5.75 Å². The molecule has 5 N–H and O–H groups in total.